The van der Waals surface area contributed by atoms with Crippen molar-refractivity contribution in [3.8, 4) is 0 Å². The minimum Gasteiger partial charge on any atom is -0.349 e. The van der Waals surface area contributed by atoms with E-state index in [1.165, 1.54) is 0 Å². The van der Waals surface area contributed by atoms with Crippen molar-refractivity contribution in [1.82, 2.24) is 4.90 Å². The molecule has 0 bridgehead atoms. The molecule has 0 saturated carbocycles. The highest BCUT2D eigenvalue weighted by Crippen LogP contribution is 2.52. The number of fused-ring (bicyclic) bond motifs is 3. The quantitative estimate of drug-likeness (QED) is 0.854. The summed E-state index contributed by atoms with van der Waals surface area (Å²) in [6, 6.07) is 18.1. The molecule has 0 aromatic heterocycles. The predicted octanol–water partition coefficient (Wildman–Crippen LogP) is 4.11. The minimum absolute atomic E-state index is 0.0187. The largest absolute Gasteiger partial charge is 0.349 e. The maximum absolute atomic E-state index is 13.1. The minimum atomic E-state index is -0.609. The van der Waals surface area contributed by atoms with Crippen LogP contribution in [-0.2, 0) is 10.5 Å². The third-order valence-corrected chi connectivity index (χ3v) is 4.85. The Labute approximate surface area is 136 Å². The van der Waals surface area contributed by atoms with Gasteiger partial charge in [-0.15, -0.1) is 0 Å². The summed E-state index contributed by atoms with van der Waals surface area (Å²) in [7, 11) is 0. The molecular formula is C20H21NO2. The average molecular weight is 307 g/mol. The van der Waals surface area contributed by atoms with Gasteiger partial charge in [0.05, 0.1) is 12.6 Å². The topological polar surface area (TPSA) is 29.5 Å². The number of amides is 1. The number of carbonyl (C=O) groups excluding carboxylic acids is 1. The van der Waals surface area contributed by atoms with Gasteiger partial charge in [-0.25, -0.2) is 0 Å². The van der Waals surface area contributed by atoms with Crippen LogP contribution in [0.1, 0.15) is 47.8 Å². The molecule has 2 aromatic rings. The predicted molar refractivity (Wildman–Crippen MR) is 88.9 cm³/mol. The van der Waals surface area contributed by atoms with E-state index in [0.717, 1.165) is 23.1 Å². The van der Waals surface area contributed by atoms with E-state index in [4.69, 9.17) is 4.74 Å². The zero-order valence-corrected chi connectivity index (χ0v) is 13.5. The molecule has 1 amide bonds. The van der Waals surface area contributed by atoms with E-state index < -0.39 is 5.72 Å². The van der Waals surface area contributed by atoms with E-state index >= 15 is 0 Å². The SMILES string of the molecule is CC(C)CC12OCC(c3ccccc3)N1C(=O)c1ccccc12. The maximum Gasteiger partial charge on any atom is 0.257 e. The molecule has 1 saturated heterocycles. The fraction of sp³-hybridized carbons (Fsp3) is 0.350. The van der Waals surface area contributed by atoms with Crippen molar-refractivity contribution >= 4 is 5.91 Å². The first kappa shape index (κ1) is 14.5. The van der Waals surface area contributed by atoms with E-state index in [1.807, 2.05) is 47.4 Å². The lowest BCUT2D eigenvalue weighted by molar-refractivity contribution is -0.0814. The second kappa shape index (κ2) is 5.20. The summed E-state index contributed by atoms with van der Waals surface area (Å²) in [5, 5.41) is 0. The van der Waals surface area contributed by atoms with Crippen molar-refractivity contribution in [3.63, 3.8) is 0 Å². The number of benzene rings is 2. The smallest absolute Gasteiger partial charge is 0.257 e. The summed E-state index contributed by atoms with van der Waals surface area (Å²) in [6.07, 6.45) is 0.819. The Balaban J connectivity index is 1.85. The Morgan fingerprint density at radius 1 is 1.13 bits per heavy atom. The van der Waals surface area contributed by atoms with Gasteiger partial charge in [-0.2, -0.15) is 0 Å². The van der Waals surface area contributed by atoms with Crippen LogP contribution in [0.5, 0.6) is 0 Å². The summed E-state index contributed by atoms with van der Waals surface area (Å²) in [4.78, 5) is 15.1. The molecule has 1 fully saturated rings. The summed E-state index contributed by atoms with van der Waals surface area (Å²) in [6.45, 7) is 4.91. The monoisotopic (exact) mass is 307 g/mol. The van der Waals surface area contributed by atoms with Crippen LogP contribution < -0.4 is 0 Å². The van der Waals surface area contributed by atoms with Crippen LogP contribution in [0.2, 0.25) is 0 Å². The fourth-order valence-electron chi connectivity index (χ4n) is 4.01. The van der Waals surface area contributed by atoms with E-state index in [9.17, 15) is 4.79 Å². The number of hydrogen-bond donors (Lipinski definition) is 0. The van der Waals surface area contributed by atoms with Gasteiger partial charge < -0.3 is 4.74 Å². The molecule has 118 valence electrons. The molecule has 0 spiro atoms. The van der Waals surface area contributed by atoms with Crippen LogP contribution in [0.15, 0.2) is 54.6 Å². The van der Waals surface area contributed by atoms with Crippen LogP contribution in [0, 0.1) is 5.92 Å². The number of ether oxygens (including phenoxy) is 1. The second-order valence-electron chi connectivity index (χ2n) is 6.84. The third-order valence-electron chi connectivity index (χ3n) is 4.85. The van der Waals surface area contributed by atoms with Gasteiger partial charge in [0.2, 0.25) is 0 Å². The Kier molecular flexibility index (Phi) is 3.27. The Bertz CT molecular complexity index is 740. The van der Waals surface area contributed by atoms with Gasteiger partial charge in [0.15, 0.2) is 5.72 Å². The molecule has 3 nitrogen and oxygen atoms in total. The molecule has 4 rings (SSSR count). The van der Waals surface area contributed by atoms with Crippen molar-refractivity contribution in [1.29, 1.82) is 0 Å². The van der Waals surface area contributed by atoms with Gasteiger partial charge in [-0.05, 0) is 17.5 Å². The first-order valence-electron chi connectivity index (χ1n) is 8.25. The molecule has 0 radical (unpaired) electrons. The molecule has 2 aliphatic heterocycles. The number of hydrogen-bond acceptors (Lipinski definition) is 2. The maximum atomic E-state index is 13.1. The summed E-state index contributed by atoms with van der Waals surface area (Å²) < 4.78 is 6.34. The van der Waals surface area contributed by atoms with Crippen LogP contribution in [0.4, 0.5) is 0 Å². The van der Waals surface area contributed by atoms with Crippen molar-refractivity contribution in [2.75, 3.05) is 6.61 Å². The number of rotatable bonds is 3. The molecule has 2 unspecified atom stereocenters. The molecule has 2 atom stereocenters. The van der Waals surface area contributed by atoms with E-state index in [-0.39, 0.29) is 11.9 Å². The first-order chi connectivity index (χ1) is 11.1. The lowest BCUT2D eigenvalue weighted by Crippen LogP contribution is -2.41. The zero-order valence-electron chi connectivity index (χ0n) is 13.5. The Morgan fingerprint density at radius 3 is 2.57 bits per heavy atom. The summed E-state index contributed by atoms with van der Waals surface area (Å²) >= 11 is 0. The van der Waals surface area contributed by atoms with E-state index in [0.29, 0.717) is 12.5 Å². The standard InChI is InChI=1S/C20H21NO2/c1-14(2)12-20-17-11-7-6-10-16(17)19(22)21(20)18(13-23-20)15-8-4-3-5-9-15/h3-11,14,18H,12-13H2,1-2H3. The second-order valence-corrected chi connectivity index (χ2v) is 6.84. The lowest BCUT2D eigenvalue weighted by atomic mass is 9.92. The summed E-state index contributed by atoms with van der Waals surface area (Å²) in [5.74, 6) is 0.526. The Hall–Kier alpha value is -2.13. The molecular weight excluding hydrogens is 286 g/mol. The molecule has 0 N–H and O–H groups in total. The lowest BCUT2D eigenvalue weighted by Gasteiger charge is -2.35. The summed E-state index contributed by atoms with van der Waals surface area (Å²) in [5.41, 5.74) is 2.34. The highest BCUT2D eigenvalue weighted by atomic mass is 16.5. The highest BCUT2D eigenvalue weighted by Gasteiger charge is 2.57. The third kappa shape index (κ3) is 2.03. The van der Waals surface area contributed by atoms with Crippen LogP contribution in [0.3, 0.4) is 0 Å². The van der Waals surface area contributed by atoms with E-state index in [1.54, 1.807) is 0 Å². The normalized spacial score (nSPS) is 25.8. The van der Waals surface area contributed by atoms with Crippen LogP contribution in [-0.4, -0.2) is 17.4 Å². The highest BCUT2D eigenvalue weighted by molar-refractivity contribution is 6.00. The molecule has 23 heavy (non-hydrogen) atoms. The van der Waals surface area contributed by atoms with Gasteiger partial charge in [-0.3, -0.25) is 9.69 Å². The fourth-order valence-corrected chi connectivity index (χ4v) is 4.01. The van der Waals surface area contributed by atoms with Crippen LogP contribution >= 0.6 is 0 Å². The first-order valence-corrected chi connectivity index (χ1v) is 8.25. The average Bonchev–Trinajstić information content (AvgIpc) is 3.04. The van der Waals surface area contributed by atoms with Gasteiger partial charge >= 0.3 is 0 Å². The van der Waals surface area contributed by atoms with Crippen molar-refractivity contribution in [3.05, 3.63) is 71.3 Å². The number of carbonyl (C=O) groups is 1. The van der Waals surface area contributed by atoms with Crippen molar-refractivity contribution in [2.45, 2.75) is 32.0 Å². The molecule has 2 aromatic carbocycles. The number of nitrogens with zero attached hydrogens (tertiary/aromatic N) is 1. The van der Waals surface area contributed by atoms with Gasteiger partial charge in [0, 0.05) is 17.5 Å². The van der Waals surface area contributed by atoms with Crippen molar-refractivity contribution < 1.29 is 9.53 Å². The molecule has 0 aliphatic carbocycles. The van der Waals surface area contributed by atoms with Gasteiger partial charge in [-0.1, -0.05) is 62.4 Å². The molecule has 3 heteroatoms. The van der Waals surface area contributed by atoms with Crippen molar-refractivity contribution in [2.24, 2.45) is 5.92 Å². The molecule has 2 heterocycles. The van der Waals surface area contributed by atoms with E-state index in [2.05, 4.69) is 26.0 Å². The van der Waals surface area contributed by atoms with Crippen LogP contribution in [0.25, 0.3) is 0 Å². The Morgan fingerprint density at radius 2 is 1.83 bits per heavy atom. The van der Waals surface area contributed by atoms with Gasteiger partial charge in [0.1, 0.15) is 0 Å². The molecule has 2 aliphatic rings. The van der Waals surface area contributed by atoms with Gasteiger partial charge in [0.25, 0.3) is 5.91 Å². The zero-order chi connectivity index (χ0) is 16.0.